The Bertz CT molecular complexity index is 734. The molecule has 0 saturated carbocycles. The zero-order valence-corrected chi connectivity index (χ0v) is 15.7. The summed E-state index contributed by atoms with van der Waals surface area (Å²) in [5.74, 6) is -2.88. The first-order valence-electron chi connectivity index (χ1n) is 8.67. The fourth-order valence-corrected chi connectivity index (χ4v) is 2.32. The van der Waals surface area contributed by atoms with E-state index in [0.29, 0.717) is 5.56 Å². The summed E-state index contributed by atoms with van der Waals surface area (Å²) < 4.78 is 17.8. The molecule has 0 aliphatic rings. The lowest BCUT2D eigenvalue weighted by Crippen LogP contribution is -2.53. The first kappa shape index (κ1) is 22.8. The third kappa shape index (κ3) is 8.43. The van der Waals surface area contributed by atoms with Crippen LogP contribution in [-0.2, 0) is 30.3 Å². The van der Waals surface area contributed by atoms with Gasteiger partial charge in [0, 0.05) is 19.4 Å². The maximum Gasteiger partial charge on any atom is 0.330 e. The van der Waals surface area contributed by atoms with E-state index in [1.807, 2.05) is 0 Å². The Balaban J connectivity index is 2.81. The Morgan fingerprint density at radius 3 is 2.32 bits per heavy atom. The summed E-state index contributed by atoms with van der Waals surface area (Å²) in [4.78, 5) is 46.9. The van der Waals surface area contributed by atoms with Gasteiger partial charge in [-0.2, -0.15) is 0 Å². The predicted molar refractivity (Wildman–Crippen MR) is 99.2 cm³/mol. The molecule has 0 aromatic heterocycles. The lowest BCUT2D eigenvalue weighted by molar-refractivity contribution is -0.137. The Morgan fingerprint density at radius 1 is 1.14 bits per heavy atom. The first-order chi connectivity index (χ1) is 13.2. The molecule has 1 aromatic carbocycles. The second kappa shape index (κ2) is 11.5. The Labute approximate surface area is 162 Å². The van der Waals surface area contributed by atoms with Crippen LogP contribution < -0.4 is 16.4 Å². The number of nitrogens with two attached hydrogens (primary N) is 1. The van der Waals surface area contributed by atoms with Crippen LogP contribution in [0.2, 0.25) is 0 Å². The number of rotatable bonds is 10. The summed E-state index contributed by atoms with van der Waals surface area (Å²) in [6.07, 6.45) is 2.57. The number of esters is 1. The Kier molecular flexibility index (Phi) is 9.35. The molecule has 0 spiro atoms. The smallest absolute Gasteiger partial charge is 0.330 e. The average Bonchev–Trinajstić information content (AvgIpc) is 2.61. The maximum atomic E-state index is 13.0. The van der Waals surface area contributed by atoms with E-state index < -0.39 is 41.6 Å². The fraction of sp³-hybridized carbons (Fsp3) is 0.368. The normalized spacial score (nSPS) is 12.8. The molecule has 0 aliphatic carbocycles. The number of hydrogen-bond donors (Lipinski definition) is 3. The van der Waals surface area contributed by atoms with Gasteiger partial charge in [0.1, 0.15) is 17.9 Å². The molecule has 0 heterocycles. The van der Waals surface area contributed by atoms with E-state index >= 15 is 0 Å². The minimum Gasteiger partial charge on any atom is -0.463 e. The molecule has 0 fully saturated rings. The predicted octanol–water partition coefficient (Wildman–Crippen LogP) is 0.352. The van der Waals surface area contributed by atoms with Crippen molar-refractivity contribution in [3.8, 4) is 0 Å². The maximum absolute atomic E-state index is 13.0. The van der Waals surface area contributed by atoms with Crippen molar-refractivity contribution in [1.29, 1.82) is 0 Å². The van der Waals surface area contributed by atoms with Gasteiger partial charge in [-0.1, -0.05) is 18.2 Å². The van der Waals surface area contributed by atoms with E-state index in [4.69, 9.17) is 10.5 Å². The van der Waals surface area contributed by atoms with Crippen molar-refractivity contribution in [3.63, 3.8) is 0 Å². The van der Waals surface area contributed by atoms with Crippen LogP contribution in [0.1, 0.15) is 25.8 Å². The zero-order chi connectivity index (χ0) is 21.1. The van der Waals surface area contributed by atoms with Crippen molar-refractivity contribution < 1.29 is 28.3 Å². The van der Waals surface area contributed by atoms with Gasteiger partial charge in [-0.15, -0.1) is 0 Å². The van der Waals surface area contributed by atoms with Crippen LogP contribution in [0.5, 0.6) is 0 Å². The molecule has 0 unspecified atom stereocenters. The molecule has 28 heavy (non-hydrogen) atoms. The van der Waals surface area contributed by atoms with Crippen LogP contribution in [0, 0.1) is 5.82 Å². The van der Waals surface area contributed by atoms with Crippen molar-refractivity contribution >= 4 is 23.7 Å². The Morgan fingerprint density at radius 2 is 1.79 bits per heavy atom. The van der Waals surface area contributed by atoms with Gasteiger partial charge in [0.15, 0.2) is 0 Å². The number of primary amides is 1. The van der Waals surface area contributed by atoms with Crippen LogP contribution in [0.15, 0.2) is 36.4 Å². The van der Waals surface area contributed by atoms with Crippen LogP contribution in [0.25, 0.3) is 0 Å². The summed E-state index contributed by atoms with van der Waals surface area (Å²) in [5.41, 5.74) is 5.92. The minimum atomic E-state index is -1.08. The highest BCUT2D eigenvalue weighted by molar-refractivity contribution is 5.91. The number of carbonyl (C=O) groups is 4. The third-order valence-electron chi connectivity index (χ3n) is 3.62. The quantitative estimate of drug-likeness (QED) is 0.390. The molecule has 0 radical (unpaired) electrons. The molecule has 152 valence electrons. The SMILES string of the molecule is CCOC(=O)/C=C/C[C@H](NC(=O)[C@H](Cc1ccc(F)cc1)NC(C)=O)C(N)=O. The number of nitrogens with one attached hydrogen (secondary N) is 2. The van der Waals surface area contributed by atoms with Crippen molar-refractivity contribution in [3.05, 3.63) is 47.8 Å². The summed E-state index contributed by atoms with van der Waals surface area (Å²) in [6.45, 7) is 3.11. The molecule has 2 atom stereocenters. The number of carbonyl (C=O) groups excluding carboxylic acids is 4. The molecular weight excluding hydrogens is 369 g/mol. The summed E-state index contributed by atoms with van der Waals surface area (Å²) in [7, 11) is 0. The summed E-state index contributed by atoms with van der Waals surface area (Å²) >= 11 is 0. The largest absolute Gasteiger partial charge is 0.463 e. The first-order valence-corrected chi connectivity index (χ1v) is 8.67. The molecule has 8 nitrogen and oxygen atoms in total. The van der Waals surface area contributed by atoms with E-state index in [2.05, 4.69) is 10.6 Å². The van der Waals surface area contributed by atoms with E-state index in [-0.39, 0.29) is 19.4 Å². The molecule has 4 N–H and O–H groups in total. The van der Waals surface area contributed by atoms with Crippen LogP contribution in [0.4, 0.5) is 4.39 Å². The topological polar surface area (TPSA) is 128 Å². The zero-order valence-electron chi connectivity index (χ0n) is 15.7. The van der Waals surface area contributed by atoms with Crippen LogP contribution >= 0.6 is 0 Å². The second-order valence-electron chi connectivity index (χ2n) is 5.94. The van der Waals surface area contributed by atoms with Crippen molar-refractivity contribution in [2.45, 2.75) is 38.8 Å². The molecule has 3 amide bonds. The molecule has 1 rings (SSSR count). The molecule has 0 saturated heterocycles. The monoisotopic (exact) mass is 393 g/mol. The number of hydrogen-bond acceptors (Lipinski definition) is 5. The van der Waals surface area contributed by atoms with Gasteiger partial charge < -0.3 is 21.1 Å². The molecule has 9 heteroatoms. The van der Waals surface area contributed by atoms with E-state index in [1.54, 1.807) is 6.92 Å². The van der Waals surface area contributed by atoms with E-state index in [0.717, 1.165) is 6.08 Å². The minimum absolute atomic E-state index is 0.0246. The lowest BCUT2D eigenvalue weighted by atomic mass is 10.0. The Hall–Kier alpha value is -3.23. The van der Waals surface area contributed by atoms with E-state index in [9.17, 15) is 23.6 Å². The van der Waals surface area contributed by atoms with Gasteiger partial charge in [-0.3, -0.25) is 14.4 Å². The fourth-order valence-electron chi connectivity index (χ4n) is 2.32. The van der Waals surface area contributed by atoms with Crippen LogP contribution in [0.3, 0.4) is 0 Å². The molecule has 0 bridgehead atoms. The standard InChI is InChI=1S/C19H24FN3O5/c1-3-28-17(25)6-4-5-15(18(21)26)23-19(27)16(22-12(2)24)11-13-7-9-14(20)10-8-13/h4,6-10,15-16H,3,5,11H2,1-2H3,(H2,21,26)(H,22,24)(H,23,27)/b6-4+/t15-,16-/m0/s1. The highest BCUT2D eigenvalue weighted by Crippen LogP contribution is 2.07. The van der Waals surface area contributed by atoms with Gasteiger partial charge in [0.2, 0.25) is 17.7 Å². The van der Waals surface area contributed by atoms with Crippen molar-refractivity contribution in [2.75, 3.05) is 6.61 Å². The molecular formula is C19H24FN3O5. The van der Waals surface area contributed by atoms with Gasteiger partial charge in [-0.05, 0) is 31.0 Å². The number of benzene rings is 1. The highest BCUT2D eigenvalue weighted by atomic mass is 19.1. The summed E-state index contributed by atoms with van der Waals surface area (Å²) in [6, 6.07) is 3.40. The van der Waals surface area contributed by atoms with E-state index in [1.165, 1.54) is 37.3 Å². The number of ether oxygens (including phenoxy) is 1. The summed E-state index contributed by atoms with van der Waals surface area (Å²) in [5, 5.41) is 4.94. The number of halogens is 1. The van der Waals surface area contributed by atoms with Crippen LogP contribution in [-0.4, -0.2) is 42.4 Å². The lowest BCUT2D eigenvalue weighted by Gasteiger charge is -2.21. The van der Waals surface area contributed by atoms with Gasteiger partial charge in [0.25, 0.3) is 0 Å². The van der Waals surface area contributed by atoms with Gasteiger partial charge in [0.05, 0.1) is 6.61 Å². The van der Waals surface area contributed by atoms with Gasteiger partial charge in [-0.25, -0.2) is 9.18 Å². The second-order valence-corrected chi connectivity index (χ2v) is 5.94. The number of amides is 3. The average molecular weight is 393 g/mol. The van der Waals surface area contributed by atoms with Gasteiger partial charge >= 0.3 is 5.97 Å². The highest BCUT2D eigenvalue weighted by Gasteiger charge is 2.24. The van der Waals surface area contributed by atoms with Crippen molar-refractivity contribution in [2.24, 2.45) is 5.73 Å². The van der Waals surface area contributed by atoms with Crippen molar-refractivity contribution in [1.82, 2.24) is 10.6 Å². The third-order valence-corrected chi connectivity index (χ3v) is 3.62. The molecule has 1 aromatic rings. The molecule has 0 aliphatic heterocycles.